The summed E-state index contributed by atoms with van der Waals surface area (Å²) >= 11 is 1.83. The largest absolute Gasteiger partial charge is 0.316 e. The summed E-state index contributed by atoms with van der Waals surface area (Å²) in [5, 5.41) is 8.21. The van der Waals surface area contributed by atoms with Crippen molar-refractivity contribution in [1.82, 2.24) is 5.32 Å². The molecule has 0 amide bonds. The van der Waals surface area contributed by atoms with E-state index in [1.54, 1.807) is 0 Å². The Kier molecular flexibility index (Phi) is 6.39. The van der Waals surface area contributed by atoms with E-state index < -0.39 is 0 Å². The van der Waals surface area contributed by atoms with Crippen LogP contribution in [0.1, 0.15) is 51.5 Å². The zero-order valence-electron chi connectivity index (χ0n) is 12.5. The fourth-order valence-electron chi connectivity index (χ4n) is 3.28. The van der Waals surface area contributed by atoms with E-state index in [4.69, 9.17) is 0 Å². The molecule has 19 heavy (non-hydrogen) atoms. The fourth-order valence-corrected chi connectivity index (χ4v) is 3.98. The van der Waals surface area contributed by atoms with Crippen molar-refractivity contribution >= 4 is 11.3 Å². The normalized spacial score (nSPS) is 18.3. The summed E-state index contributed by atoms with van der Waals surface area (Å²) in [4.78, 5) is 0. The molecule has 0 aliphatic heterocycles. The Morgan fingerprint density at radius 2 is 2.05 bits per heavy atom. The van der Waals surface area contributed by atoms with E-state index >= 15 is 0 Å². The minimum atomic E-state index is 0.765. The lowest BCUT2D eigenvalue weighted by atomic mass is 9.86. The molecule has 1 unspecified atom stereocenters. The van der Waals surface area contributed by atoms with E-state index in [9.17, 15) is 0 Å². The molecule has 0 aromatic carbocycles. The standard InChI is InChI=1S/C17H29NS/c1-14(2)11-18-12-17(16-5-3-4-6-16)8-7-15-9-10-19-13-15/h9-10,13-14,16-18H,3-8,11-12H2,1-2H3. The number of thiophene rings is 1. The third-order valence-corrected chi connectivity index (χ3v) is 5.14. The lowest BCUT2D eigenvalue weighted by Crippen LogP contribution is -2.30. The van der Waals surface area contributed by atoms with E-state index in [0.717, 1.165) is 17.8 Å². The summed E-state index contributed by atoms with van der Waals surface area (Å²) in [6.07, 6.45) is 8.50. The number of hydrogen-bond acceptors (Lipinski definition) is 2. The van der Waals surface area contributed by atoms with Crippen molar-refractivity contribution in [3.05, 3.63) is 22.4 Å². The van der Waals surface area contributed by atoms with Crippen LogP contribution >= 0.6 is 11.3 Å². The number of aryl methyl sites for hydroxylation is 1. The molecule has 2 rings (SSSR count). The Hall–Kier alpha value is -0.340. The summed E-state index contributed by atoms with van der Waals surface area (Å²) in [5.41, 5.74) is 1.54. The number of hydrogen-bond donors (Lipinski definition) is 1. The average Bonchev–Trinajstić information content (AvgIpc) is 3.05. The van der Waals surface area contributed by atoms with Gasteiger partial charge in [-0.15, -0.1) is 0 Å². The second-order valence-electron chi connectivity index (χ2n) is 6.53. The summed E-state index contributed by atoms with van der Waals surface area (Å²) < 4.78 is 0. The first kappa shape index (κ1) is 15.1. The molecule has 2 heteroatoms. The van der Waals surface area contributed by atoms with E-state index in [1.165, 1.54) is 57.2 Å². The van der Waals surface area contributed by atoms with E-state index in [-0.39, 0.29) is 0 Å². The van der Waals surface area contributed by atoms with Crippen LogP contribution in [0.2, 0.25) is 0 Å². The van der Waals surface area contributed by atoms with Gasteiger partial charge < -0.3 is 5.32 Å². The molecule has 1 aliphatic rings. The van der Waals surface area contributed by atoms with Gasteiger partial charge in [0.15, 0.2) is 0 Å². The Labute approximate surface area is 122 Å². The van der Waals surface area contributed by atoms with Crippen molar-refractivity contribution in [1.29, 1.82) is 0 Å². The zero-order chi connectivity index (χ0) is 13.5. The smallest absolute Gasteiger partial charge is 0.00176 e. The second kappa shape index (κ2) is 8.06. The molecule has 1 saturated carbocycles. The number of nitrogens with one attached hydrogen (secondary N) is 1. The van der Waals surface area contributed by atoms with Gasteiger partial charge in [0.2, 0.25) is 0 Å². The first-order chi connectivity index (χ1) is 9.25. The van der Waals surface area contributed by atoms with Gasteiger partial charge in [-0.3, -0.25) is 0 Å². The van der Waals surface area contributed by atoms with Crippen LogP contribution in [0.3, 0.4) is 0 Å². The van der Waals surface area contributed by atoms with Gasteiger partial charge in [0.1, 0.15) is 0 Å². The zero-order valence-corrected chi connectivity index (χ0v) is 13.3. The number of rotatable bonds is 8. The topological polar surface area (TPSA) is 12.0 Å². The molecule has 1 aromatic rings. The van der Waals surface area contributed by atoms with Crippen molar-refractivity contribution in [2.45, 2.75) is 52.4 Å². The van der Waals surface area contributed by atoms with E-state index in [0.29, 0.717) is 0 Å². The molecule has 1 atom stereocenters. The highest BCUT2D eigenvalue weighted by atomic mass is 32.1. The Morgan fingerprint density at radius 3 is 2.68 bits per heavy atom. The van der Waals surface area contributed by atoms with Crippen LogP contribution in [0.25, 0.3) is 0 Å². The van der Waals surface area contributed by atoms with Gasteiger partial charge in [-0.1, -0.05) is 39.5 Å². The van der Waals surface area contributed by atoms with Gasteiger partial charge in [0, 0.05) is 0 Å². The molecule has 0 bridgehead atoms. The van der Waals surface area contributed by atoms with Gasteiger partial charge in [-0.25, -0.2) is 0 Å². The van der Waals surface area contributed by atoms with Gasteiger partial charge in [-0.2, -0.15) is 11.3 Å². The van der Waals surface area contributed by atoms with Crippen LogP contribution in [0.4, 0.5) is 0 Å². The fraction of sp³-hybridized carbons (Fsp3) is 0.765. The molecular formula is C17H29NS. The molecule has 1 fully saturated rings. The molecule has 0 radical (unpaired) electrons. The van der Waals surface area contributed by atoms with Crippen molar-refractivity contribution in [2.75, 3.05) is 13.1 Å². The minimum Gasteiger partial charge on any atom is -0.316 e. The van der Waals surface area contributed by atoms with Gasteiger partial charge in [-0.05, 0) is 66.1 Å². The van der Waals surface area contributed by atoms with Crippen LogP contribution in [0.5, 0.6) is 0 Å². The maximum atomic E-state index is 3.69. The van der Waals surface area contributed by atoms with Crippen LogP contribution in [-0.4, -0.2) is 13.1 Å². The predicted molar refractivity (Wildman–Crippen MR) is 85.8 cm³/mol. The van der Waals surface area contributed by atoms with Crippen LogP contribution in [0, 0.1) is 17.8 Å². The molecule has 1 N–H and O–H groups in total. The first-order valence-electron chi connectivity index (χ1n) is 7.97. The summed E-state index contributed by atoms with van der Waals surface area (Å²) in [6.45, 7) is 6.99. The lowest BCUT2D eigenvalue weighted by Gasteiger charge is -2.24. The Morgan fingerprint density at radius 1 is 1.26 bits per heavy atom. The van der Waals surface area contributed by atoms with Crippen LogP contribution in [-0.2, 0) is 6.42 Å². The molecule has 1 nitrogen and oxygen atoms in total. The third-order valence-electron chi connectivity index (χ3n) is 4.41. The van der Waals surface area contributed by atoms with Crippen molar-refractivity contribution < 1.29 is 0 Å². The highest BCUT2D eigenvalue weighted by Crippen LogP contribution is 2.33. The molecular weight excluding hydrogens is 250 g/mol. The monoisotopic (exact) mass is 279 g/mol. The molecule has 1 aliphatic carbocycles. The van der Waals surface area contributed by atoms with E-state index in [2.05, 4.69) is 36.0 Å². The second-order valence-corrected chi connectivity index (χ2v) is 7.31. The molecule has 108 valence electrons. The van der Waals surface area contributed by atoms with Crippen molar-refractivity contribution in [3.8, 4) is 0 Å². The SMILES string of the molecule is CC(C)CNCC(CCc1ccsc1)C1CCCC1. The van der Waals surface area contributed by atoms with Crippen LogP contribution in [0.15, 0.2) is 16.8 Å². The maximum Gasteiger partial charge on any atom is -0.00176 e. The van der Waals surface area contributed by atoms with Crippen LogP contribution < -0.4 is 5.32 Å². The molecule has 0 spiro atoms. The lowest BCUT2D eigenvalue weighted by molar-refractivity contribution is 0.300. The average molecular weight is 279 g/mol. The highest BCUT2D eigenvalue weighted by molar-refractivity contribution is 7.07. The molecule has 1 heterocycles. The first-order valence-corrected chi connectivity index (χ1v) is 8.91. The summed E-state index contributed by atoms with van der Waals surface area (Å²) in [7, 11) is 0. The summed E-state index contributed by atoms with van der Waals surface area (Å²) in [5.74, 6) is 2.64. The molecule has 0 saturated heterocycles. The third kappa shape index (κ3) is 5.27. The highest BCUT2D eigenvalue weighted by Gasteiger charge is 2.24. The van der Waals surface area contributed by atoms with Crippen molar-refractivity contribution in [2.24, 2.45) is 17.8 Å². The van der Waals surface area contributed by atoms with Gasteiger partial charge >= 0.3 is 0 Å². The predicted octanol–water partition coefficient (Wildman–Crippen LogP) is 4.73. The minimum absolute atomic E-state index is 0.765. The molecule has 1 aromatic heterocycles. The van der Waals surface area contributed by atoms with Gasteiger partial charge in [0.05, 0.1) is 0 Å². The quantitative estimate of drug-likeness (QED) is 0.725. The Bertz CT molecular complexity index is 325. The Balaban J connectivity index is 1.78. The maximum absolute atomic E-state index is 3.69. The van der Waals surface area contributed by atoms with Gasteiger partial charge in [0.25, 0.3) is 0 Å². The summed E-state index contributed by atoms with van der Waals surface area (Å²) in [6, 6.07) is 2.29. The van der Waals surface area contributed by atoms with Crippen molar-refractivity contribution in [3.63, 3.8) is 0 Å². The van der Waals surface area contributed by atoms with E-state index in [1.807, 2.05) is 11.3 Å².